The number of hydrogen-bond acceptors (Lipinski definition) is 3. The summed E-state index contributed by atoms with van der Waals surface area (Å²) in [6, 6.07) is 0. The van der Waals surface area contributed by atoms with Crippen LogP contribution in [0.4, 0.5) is 4.79 Å². The van der Waals surface area contributed by atoms with Crippen molar-refractivity contribution in [3.05, 3.63) is 0 Å². The van der Waals surface area contributed by atoms with Gasteiger partial charge in [0.1, 0.15) is 5.60 Å². The average molecular weight is 252 g/mol. The lowest BCUT2D eigenvalue weighted by Crippen LogP contribution is -2.37. The molecule has 18 heavy (non-hydrogen) atoms. The fourth-order valence-corrected chi connectivity index (χ4v) is 1.75. The van der Waals surface area contributed by atoms with Crippen molar-refractivity contribution in [3.8, 4) is 12.3 Å². The predicted octanol–water partition coefficient (Wildman–Crippen LogP) is 0.993. The molecule has 1 rings (SSSR count). The summed E-state index contributed by atoms with van der Waals surface area (Å²) in [6.07, 6.45) is 5.35. The first kappa shape index (κ1) is 14.4. The number of hydrogen-bond donors (Lipinski definition) is 1. The van der Waals surface area contributed by atoms with Crippen LogP contribution in [-0.2, 0) is 9.53 Å². The van der Waals surface area contributed by atoms with Crippen molar-refractivity contribution in [2.24, 2.45) is 5.92 Å². The van der Waals surface area contributed by atoms with E-state index in [9.17, 15) is 9.59 Å². The van der Waals surface area contributed by atoms with Crippen LogP contribution in [0.25, 0.3) is 0 Å². The highest BCUT2D eigenvalue weighted by Gasteiger charge is 2.33. The number of ether oxygens (including phenoxy) is 1. The smallest absolute Gasteiger partial charge is 0.410 e. The molecule has 100 valence electrons. The molecule has 1 N–H and O–H groups in total. The SMILES string of the molecule is C#CCNC(=O)C1CCN(C(=O)OC(C)(C)C)C1. The monoisotopic (exact) mass is 252 g/mol. The Morgan fingerprint density at radius 1 is 1.50 bits per heavy atom. The van der Waals surface area contributed by atoms with Crippen molar-refractivity contribution in [3.63, 3.8) is 0 Å². The maximum atomic E-state index is 11.8. The third kappa shape index (κ3) is 4.28. The molecule has 0 aromatic rings. The molecule has 1 unspecified atom stereocenters. The summed E-state index contributed by atoms with van der Waals surface area (Å²) in [6.45, 7) is 6.62. The van der Waals surface area contributed by atoms with E-state index >= 15 is 0 Å². The van der Waals surface area contributed by atoms with E-state index in [1.807, 2.05) is 20.8 Å². The predicted molar refractivity (Wildman–Crippen MR) is 67.8 cm³/mol. The van der Waals surface area contributed by atoms with Gasteiger partial charge < -0.3 is 15.0 Å². The Morgan fingerprint density at radius 3 is 2.72 bits per heavy atom. The van der Waals surface area contributed by atoms with Gasteiger partial charge in [0.2, 0.25) is 5.91 Å². The van der Waals surface area contributed by atoms with Crippen LogP contribution in [0.5, 0.6) is 0 Å². The van der Waals surface area contributed by atoms with E-state index in [0.29, 0.717) is 19.5 Å². The molecule has 0 aromatic carbocycles. The number of amides is 2. The van der Waals surface area contributed by atoms with E-state index in [-0.39, 0.29) is 24.5 Å². The zero-order valence-corrected chi connectivity index (χ0v) is 11.2. The number of carbonyl (C=O) groups is 2. The molecular formula is C13H20N2O3. The van der Waals surface area contributed by atoms with Crippen LogP contribution in [0.3, 0.4) is 0 Å². The average Bonchev–Trinajstić information content (AvgIpc) is 2.72. The van der Waals surface area contributed by atoms with Gasteiger partial charge in [-0.05, 0) is 27.2 Å². The fourth-order valence-electron chi connectivity index (χ4n) is 1.75. The number of likely N-dealkylation sites (tertiary alicyclic amines) is 1. The molecule has 2 amide bonds. The van der Waals surface area contributed by atoms with Crippen LogP contribution in [0, 0.1) is 18.3 Å². The van der Waals surface area contributed by atoms with E-state index < -0.39 is 5.60 Å². The largest absolute Gasteiger partial charge is 0.444 e. The molecule has 1 saturated heterocycles. The standard InChI is InChI=1S/C13H20N2O3/c1-5-7-14-11(16)10-6-8-15(9-10)12(17)18-13(2,3)4/h1,10H,6-9H2,2-4H3,(H,14,16). The van der Waals surface area contributed by atoms with E-state index in [1.54, 1.807) is 4.90 Å². The normalized spacial score (nSPS) is 19.2. The number of nitrogens with one attached hydrogen (secondary N) is 1. The third-order valence-corrected chi connectivity index (χ3v) is 2.58. The Hall–Kier alpha value is -1.70. The van der Waals surface area contributed by atoms with Gasteiger partial charge in [0.15, 0.2) is 0 Å². The van der Waals surface area contributed by atoms with Gasteiger partial charge in [-0.25, -0.2) is 4.79 Å². The highest BCUT2D eigenvalue weighted by Crippen LogP contribution is 2.19. The Bertz CT molecular complexity index is 365. The van der Waals surface area contributed by atoms with Crippen LogP contribution in [-0.4, -0.2) is 42.1 Å². The molecule has 5 nitrogen and oxygen atoms in total. The van der Waals surface area contributed by atoms with E-state index in [1.165, 1.54) is 0 Å². The molecule has 0 spiro atoms. The summed E-state index contributed by atoms with van der Waals surface area (Å²) in [7, 11) is 0. The van der Waals surface area contributed by atoms with Crippen LogP contribution in [0.15, 0.2) is 0 Å². The van der Waals surface area contributed by atoms with E-state index in [4.69, 9.17) is 11.2 Å². The van der Waals surface area contributed by atoms with E-state index in [2.05, 4.69) is 11.2 Å². The molecule has 0 saturated carbocycles. The summed E-state index contributed by atoms with van der Waals surface area (Å²) in [5.74, 6) is 2.06. The Balaban J connectivity index is 2.44. The first-order valence-electron chi connectivity index (χ1n) is 6.02. The van der Waals surface area contributed by atoms with Crippen molar-refractivity contribution in [1.82, 2.24) is 10.2 Å². The van der Waals surface area contributed by atoms with Crippen molar-refractivity contribution >= 4 is 12.0 Å². The second-order valence-corrected chi connectivity index (χ2v) is 5.33. The number of nitrogens with zero attached hydrogens (tertiary/aromatic N) is 1. The molecule has 0 bridgehead atoms. The lowest BCUT2D eigenvalue weighted by atomic mass is 10.1. The summed E-state index contributed by atoms with van der Waals surface area (Å²) < 4.78 is 5.25. The third-order valence-electron chi connectivity index (χ3n) is 2.58. The van der Waals surface area contributed by atoms with Gasteiger partial charge in [-0.2, -0.15) is 0 Å². The molecule has 0 radical (unpaired) electrons. The molecule has 5 heteroatoms. The zero-order valence-electron chi connectivity index (χ0n) is 11.2. The summed E-state index contributed by atoms with van der Waals surface area (Å²) in [5.41, 5.74) is -0.513. The van der Waals surface area contributed by atoms with Crippen LogP contribution in [0.1, 0.15) is 27.2 Å². The van der Waals surface area contributed by atoms with Crippen molar-refractivity contribution < 1.29 is 14.3 Å². The molecule has 1 fully saturated rings. The quantitative estimate of drug-likeness (QED) is 0.746. The van der Waals surface area contributed by atoms with Crippen LogP contribution < -0.4 is 5.32 Å². The first-order chi connectivity index (χ1) is 8.33. The summed E-state index contributed by atoms with van der Waals surface area (Å²) in [4.78, 5) is 25.0. The minimum absolute atomic E-state index is 0.0981. The van der Waals surface area contributed by atoms with Gasteiger partial charge >= 0.3 is 6.09 Å². The lowest BCUT2D eigenvalue weighted by Gasteiger charge is -2.24. The number of terminal acetylenes is 1. The molecule has 1 heterocycles. The van der Waals surface area contributed by atoms with E-state index in [0.717, 1.165) is 0 Å². The highest BCUT2D eigenvalue weighted by molar-refractivity contribution is 5.80. The number of carbonyl (C=O) groups excluding carboxylic acids is 2. The molecule has 1 aliphatic rings. The molecule has 1 atom stereocenters. The Kier molecular flexibility index (Phi) is 4.60. The summed E-state index contributed by atoms with van der Waals surface area (Å²) >= 11 is 0. The maximum Gasteiger partial charge on any atom is 0.410 e. The van der Waals surface area contributed by atoms with Crippen molar-refractivity contribution in [1.29, 1.82) is 0 Å². The van der Waals surface area contributed by atoms with Crippen molar-refractivity contribution in [2.45, 2.75) is 32.8 Å². The molecule has 0 aromatic heterocycles. The van der Waals surface area contributed by atoms with Gasteiger partial charge in [0.25, 0.3) is 0 Å². The zero-order chi connectivity index (χ0) is 13.8. The summed E-state index contributed by atoms with van der Waals surface area (Å²) in [5, 5.41) is 2.63. The molecule has 1 aliphatic heterocycles. The van der Waals surface area contributed by atoms with Crippen LogP contribution >= 0.6 is 0 Å². The van der Waals surface area contributed by atoms with Gasteiger partial charge in [0, 0.05) is 13.1 Å². The van der Waals surface area contributed by atoms with Gasteiger partial charge in [-0.1, -0.05) is 5.92 Å². The first-order valence-corrected chi connectivity index (χ1v) is 6.02. The second-order valence-electron chi connectivity index (χ2n) is 5.33. The van der Waals surface area contributed by atoms with Gasteiger partial charge in [-0.3, -0.25) is 4.79 Å². The minimum atomic E-state index is -0.513. The lowest BCUT2D eigenvalue weighted by molar-refractivity contribution is -0.124. The fraction of sp³-hybridized carbons (Fsp3) is 0.692. The molecule has 0 aliphatic carbocycles. The number of rotatable bonds is 2. The van der Waals surface area contributed by atoms with Gasteiger partial charge in [-0.15, -0.1) is 6.42 Å². The second kappa shape index (κ2) is 5.76. The maximum absolute atomic E-state index is 11.8. The van der Waals surface area contributed by atoms with Crippen LogP contribution in [0.2, 0.25) is 0 Å². The minimum Gasteiger partial charge on any atom is -0.444 e. The Morgan fingerprint density at radius 2 is 2.17 bits per heavy atom. The van der Waals surface area contributed by atoms with Crippen molar-refractivity contribution in [2.75, 3.05) is 19.6 Å². The topological polar surface area (TPSA) is 58.6 Å². The molecular weight excluding hydrogens is 232 g/mol. The van der Waals surface area contributed by atoms with Gasteiger partial charge in [0.05, 0.1) is 12.5 Å². The Labute approximate surface area is 108 Å². The highest BCUT2D eigenvalue weighted by atomic mass is 16.6.